The van der Waals surface area contributed by atoms with E-state index in [9.17, 15) is 14.4 Å². The van der Waals surface area contributed by atoms with Gasteiger partial charge in [0, 0.05) is 11.7 Å². The summed E-state index contributed by atoms with van der Waals surface area (Å²) in [6, 6.07) is 12.4. The minimum atomic E-state index is -0.551. The van der Waals surface area contributed by atoms with Gasteiger partial charge < -0.3 is 10.6 Å². The van der Waals surface area contributed by atoms with Crippen molar-refractivity contribution in [2.75, 3.05) is 10.6 Å². The zero-order chi connectivity index (χ0) is 18.8. The third kappa shape index (κ3) is 3.00. The van der Waals surface area contributed by atoms with Crippen LogP contribution in [-0.4, -0.2) is 28.8 Å². The summed E-state index contributed by atoms with van der Waals surface area (Å²) in [5, 5.41) is 14.3. The molecule has 0 aliphatic carbocycles. The number of imide groups is 1. The molecule has 7 heteroatoms. The molecule has 1 heterocycles. The van der Waals surface area contributed by atoms with Gasteiger partial charge in [0.2, 0.25) is 0 Å². The Morgan fingerprint density at radius 3 is 2.42 bits per heavy atom. The highest BCUT2D eigenvalue weighted by molar-refractivity contribution is 6.22. The number of nitrogens with one attached hydrogen (secondary N) is 2. The van der Waals surface area contributed by atoms with Gasteiger partial charge in [-0.15, -0.1) is 0 Å². The zero-order valence-electron chi connectivity index (χ0n) is 14.2. The van der Waals surface area contributed by atoms with Gasteiger partial charge in [-0.1, -0.05) is 12.1 Å². The van der Waals surface area contributed by atoms with Crippen LogP contribution in [0.2, 0.25) is 0 Å². The lowest BCUT2D eigenvalue weighted by molar-refractivity contribution is 0.0609. The Balaban J connectivity index is 1.79. The molecule has 1 aliphatic rings. The molecule has 7 nitrogen and oxygen atoms in total. The van der Waals surface area contributed by atoms with E-state index in [1.807, 2.05) is 6.07 Å². The quantitative estimate of drug-likeness (QED) is 0.831. The van der Waals surface area contributed by atoms with Gasteiger partial charge in [-0.25, -0.2) is 4.79 Å². The number of carbonyl (C=O) groups is 3. The fourth-order valence-electron chi connectivity index (χ4n) is 2.78. The summed E-state index contributed by atoms with van der Waals surface area (Å²) in [5.74, 6) is -0.710. The van der Waals surface area contributed by atoms with Gasteiger partial charge in [-0.05, 0) is 44.2 Å². The number of amides is 4. The number of hydrogen-bond acceptors (Lipinski definition) is 4. The van der Waals surface area contributed by atoms with Crippen molar-refractivity contribution >= 4 is 29.2 Å². The minimum Gasteiger partial charge on any atom is -0.308 e. The maximum Gasteiger partial charge on any atom is 0.323 e. The first-order valence-electron chi connectivity index (χ1n) is 8.01. The van der Waals surface area contributed by atoms with E-state index in [1.54, 1.807) is 44.2 Å². The fourth-order valence-corrected chi connectivity index (χ4v) is 2.78. The van der Waals surface area contributed by atoms with Gasteiger partial charge in [-0.3, -0.25) is 14.5 Å². The number of para-hydroxylation sites is 1. The lowest BCUT2D eigenvalue weighted by Crippen LogP contribution is -2.35. The number of benzene rings is 2. The standard InChI is InChI=1S/C19H16N4O3/c1-11(2)23-17(24)14-8-7-13(9-15(14)18(23)25)21-19(26)22-16-6-4-3-5-12(16)10-20/h3-9,11H,1-2H3,(H2,21,22,26). The SMILES string of the molecule is CC(C)N1C(=O)c2ccc(NC(=O)Nc3ccccc3C#N)cc2C1=O. The Kier molecular flexibility index (Phi) is 4.42. The van der Waals surface area contributed by atoms with Gasteiger partial charge in [0.05, 0.1) is 22.4 Å². The molecule has 0 radical (unpaired) electrons. The average Bonchev–Trinajstić information content (AvgIpc) is 2.86. The van der Waals surface area contributed by atoms with Crippen LogP contribution >= 0.6 is 0 Å². The van der Waals surface area contributed by atoms with E-state index in [2.05, 4.69) is 10.6 Å². The molecule has 4 amide bonds. The second-order valence-corrected chi connectivity index (χ2v) is 6.07. The average molecular weight is 348 g/mol. The maximum atomic E-state index is 12.4. The molecule has 0 saturated heterocycles. The van der Waals surface area contributed by atoms with Crippen LogP contribution < -0.4 is 10.6 Å². The first-order chi connectivity index (χ1) is 12.4. The van der Waals surface area contributed by atoms with Crippen LogP contribution in [0.4, 0.5) is 16.2 Å². The maximum absolute atomic E-state index is 12.4. The minimum absolute atomic E-state index is 0.246. The Bertz CT molecular complexity index is 959. The van der Waals surface area contributed by atoms with Crippen LogP contribution in [0.15, 0.2) is 42.5 Å². The van der Waals surface area contributed by atoms with Crippen LogP contribution in [-0.2, 0) is 0 Å². The van der Waals surface area contributed by atoms with Gasteiger partial charge in [0.25, 0.3) is 11.8 Å². The number of anilines is 2. The molecule has 1 aliphatic heterocycles. The van der Waals surface area contributed by atoms with Crippen molar-refractivity contribution in [1.82, 2.24) is 4.90 Å². The molecule has 0 fully saturated rings. The molecular formula is C19H16N4O3. The van der Waals surface area contributed by atoms with E-state index in [0.29, 0.717) is 22.5 Å². The molecule has 3 rings (SSSR count). The smallest absolute Gasteiger partial charge is 0.308 e. The molecule has 2 aromatic rings. The Morgan fingerprint density at radius 2 is 1.73 bits per heavy atom. The van der Waals surface area contributed by atoms with Crippen LogP contribution in [0, 0.1) is 11.3 Å². The van der Waals surface area contributed by atoms with E-state index in [-0.39, 0.29) is 23.4 Å². The lowest BCUT2D eigenvalue weighted by atomic mass is 10.1. The fraction of sp³-hybridized carbons (Fsp3) is 0.158. The number of urea groups is 1. The third-order valence-electron chi connectivity index (χ3n) is 3.99. The molecule has 130 valence electrons. The van der Waals surface area contributed by atoms with Crippen molar-refractivity contribution in [3.63, 3.8) is 0 Å². The number of carbonyl (C=O) groups excluding carboxylic acids is 3. The van der Waals surface area contributed by atoms with Gasteiger partial charge in [0.15, 0.2) is 0 Å². The molecule has 0 bridgehead atoms. The summed E-state index contributed by atoms with van der Waals surface area (Å²) in [6.07, 6.45) is 0. The molecule has 0 atom stereocenters. The second kappa shape index (κ2) is 6.69. The lowest BCUT2D eigenvalue weighted by Gasteiger charge is -2.17. The van der Waals surface area contributed by atoms with Crippen LogP contribution in [0.25, 0.3) is 0 Å². The summed E-state index contributed by atoms with van der Waals surface area (Å²) in [6.45, 7) is 3.53. The molecule has 0 saturated carbocycles. The van der Waals surface area contributed by atoms with Crippen LogP contribution in [0.1, 0.15) is 40.1 Å². The van der Waals surface area contributed by atoms with Crippen molar-refractivity contribution in [2.45, 2.75) is 19.9 Å². The monoisotopic (exact) mass is 348 g/mol. The number of nitriles is 1. The predicted octanol–water partition coefficient (Wildman–Crippen LogP) is 3.21. The Labute approximate surface area is 150 Å². The predicted molar refractivity (Wildman–Crippen MR) is 95.9 cm³/mol. The number of fused-ring (bicyclic) bond motifs is 1. The molecule has 2 aromatic carbocycles. The third-order valence-corrected chi connectivity index (χ3v) is 3.99. The summed E-state index contributed by atoms with van der Waals surface area (Å²) in [7, 11) is 0. The first kappa shape index (κ1) is 17.2. The summed E-state index contributed by atoms with van der Waals surface area (Å²) >= 11 is 0. The van der Waals surface area contributed by atoms with E-state index < -0.39 is 6.03 Å². The topological polar surface area (TPSA) is 102 Å². The molecule has 0 spiro atoms. The number of nitrogens with zero attached hydrogens (tertiary/aromatic N) is 2. The van der Waals surface area contributed by atoms with E-state index >= 15 is 0 Å². The van der Waals surface area contributed by atoms with Crippen molar-refractivity contribution < 1.29 is 14.4 Å². The second-order valence-electron chi connectivity index (χ2n) is 6.07. The first-order valence-corrected chi connectivity index (χ1v) is 8.01. The van der Waals surface area contributed by atoms with Crippen LogP contribution in [0.3, 0.4) is 0 Å². The normalized spacial score (nSPS) is 12.8. The Morgan fingerprint density at radius 1 is 1.04 bits per heavy atom. The van der Waals surface area contributed by atoms with Gasteiger partial charge >= 0.3 is 6.03 Å². The van der Waals surface area contributed by atoms with Crippen molar-refractivity contribution in [3.8, 4) is 6.07 Å². The van der Waals surface area contributed by atoms with E-state index in [1.165, 1.54) is 17.0 Å². The highest BCUT2D eigenvalue weighted by atomic mass is 16.2. The summed E-state index contributed by atoms with van der Waals surface area (Å²) in [5.41, 5.74) is 1.68. The number of hydrogen-bond donors (Lipinski definition) is 2. The summed E-state index contributed by atoms with van der Waals surface area (Å²) < 4.78 is 0. The molecule has 0 aromatic heterocycles. The van der Waals surface area contributed by atoms with Gasteiger partial charge in [0.1, 0.15) is 6.07 Å². The van der Waals surface area contributed by atoms with Crippen molar-refractivity contribution in [1.29, 1.82) is 5.26 Å². The van der Waals surface area contributed by atoms with E-state index in [4.69, 9.17) is 5.26 Å². The highest BCUT2D eigenvalue weighted by Gasteiger charge is 2.37. The van der Waals surface area contributed by atoms with Crippen molar-refractivity contribution in [2.24, 2.45) is 0 Å². The van der Waals surface area contributed by atoms with Gasteiger partial charge in [-0.2, -0.15) is 5.26 Å². The molecule has 2 N–H and O–H groups in total. The molecule has 0 unspecified atom stereocenters. The summed E-state index contributed by atoms with van der Waals surface area (Å²) in [4.78, 5) is 38.0. The highest BCUT2D eigenvalue weighted by Crippen LogP contribution is 2.27. The Hall–Kier alpha value is -3.66. The molecular weight excluding hydrogens is 332 g/mol. The van der Waals surface area contributed by atoms with E-state index in [0.717, 1.165) is 0 Å². The zero-order valence-corrected chi connectivity index (χ0v) is 14.2. The largest absolute Gasteiger partial charge is 0.323 e. The molecule has 26 heavy (non-hydrogen) atoms. The van der Waals surface area contributed by atoms with Crippen molar-refractivity contribution in [3.05, 3.63) is 59.2 Å². The van der Waals surface area contributed by atoms with Crippen LogP contribution in [0.5, 0.6) is 0 Å². The number of rotatable bonds is 3.